The van der Waals surface area contributed by atoms with E-state index in [2.05, 4.69) is 0 Å². The number of imide groups is 1. The quantitative estimate of drug-likeness (QED) is 0.834. The van der Waals surface area contributed by atoms with Gasteiger partial charge in [-0.05, 0) is 18.1 Å². The molecule has 0 radical (unpaired) electrons. The number of hydrogen-bond acceptors (Lipinski definition) is 4. The maximum Gasteiger partial charge on any atom is 0.417 e. The molecule has 0 aliphatic carbocycles. The fourth-order valence-corrected chi connectivity index (χ4v) is 3.31. The molecule has 6 heteroatoms. The molecular weight excluding hydrogens is 344 g/mol. The minimum absolute atomic E-state index is 0.249. The second kappa shape index (κ2) is 8.03. The van der Waals surface area contributed by atoms with Gasteiger partial charge in [0.2, 0.25) is 5.91 Å². The van der Waals surface area contributed by atoms with Gasteiger partial charge in [0.05, 0.1) is 7.11 Å². The average Bonchev–Trinajstić information content (AvgIpc) is 2.70. The van der Waals surface area contributed by atoms with Crippen molar-refractivity contribution in [2.24, 2.45) is 0 Å². The minimum Gasteiger partial charge on any atom is -0.452 e. The Kier molecular flexibility index (Phi) is 5.54. The SMILES string of the molecule is COC(=O)N1C(=O)[C@H](C)N(Cc2ccccc2)C(=O)[C@H]1Cc1ccccc1. The van der Waals surface area contributed by atoms with Gasteiger partial charge in [0.1, 0.15) is 12.1 Å². The van der Waals surface area contributed by atoms with Crippen LogP contribution in [-0.2, 0) is 27.3 Å². The van der Waals surface area contributed by atoms with Crippen LogP contribution in [0.3, 0.4) is 0 Å². The van der Waals surface area contributed by atoms with E-state index >= 15 is 0 Å². The zero-order chi connectivity index (χ0) is 19.4. The number of carbonyl (C=O) groups is 3. The van der Waals surface area contributed by atoms with Crippen LogP contribution >= 0.6 is 0 Å². The van der Waals surface area contributed by atoms with E-state index in [9.17, 15) is 14.4 Å². The summed E-state index contributed by atoms with van der Waals surface area (Å²) in [6, 6.07) is 17.1. The molecule has 1 saturated heterocycles. The lowest BCUT2D eigenvalue weighted by atomic mass is 9.98. The monoisotopic (exact) mass is 366 g/mol. The van der Waals surface area contributed by atoms with E-state index in [0.717, 1.165) is 16.0 Å². The summed E-state index contributed by atoms with van der Waals surface area (Å²) >= 11 is 0. The average molecular weight is 366 g/mol. The number of hydrogen-bond donors (Lipinski definition) is 0. The van der Waals surface area contributed by atoms with Crippen molar-refractivity contribution >= 4 is 17.9 Å². The van der Waals surface area contributed by atoms with Crippen LogP contribution in [0.25, 0.3) is 0 Å². The third kappa shape index (κ3) is 3.84. The second-order valence-electron chi connectivity index (χ2n) is 6.51. The molecule has 0 aromatic heterocycles. The molecule has 6 nitrogen and oxygen atoms in total. The van der Waals surface area contributed by atoms with Crippen molar-refractivity contribution in [1.29, 1.82) is 0 Å². The molecule has 140 valence electrons. The number of ether oxygens (including phenoxy) is 1. The van der Waals surface area contributed by atoms with Crippen LogP contribution in [0.1, 0.15) is 18.1 Å². The van der Waals surface area contributed by atoms with Crippen LogP contribution in [0.4, 0.5) is 4.79 Å². The molecule has 0 N–H and O–H groups in total. The second-order valence-corrected chi connectivity index (χ2v) is 6.51. The number of amides is 3. The van der Waals surface area contributed by atoms with Crippen molar-refractivity contribution in [1.82, 2.24) is 9.80 Å². The Morgan fingerprint density at radius 3 is 2.04 bits per heavy atom. The van der Waals surface area contributed by atoms with Gasteiger partial charge in [0, 0.05) is 13.0 Å². The zero-order valence-electron chi connectivity index (χ0n) is 15.4. The van der Waals surface area contributed by atoms with E-state index in [4.69, 9.17) is 4.74 Å². The van der Waals surface area contributed by atoms with Crippen molar-refractivity contribution in [2.75, 3.05) is 7.11 Å². The molecule has 2 aromatic rings. The number of piperazine rings is 1. The number of rotatable bonds is 4. The fourth-order valence-electron chi connectivity index (χ4n) is 3.31. The Balaban J connectivity index is 1.93. The molecule has 27 heavy (non-hydrogen) atoms. The first-order chi connectivity index (χ1) is 13.0. The topological polar surface area (TPSA) is 66.9 Å². The highest BCUT2D eigenvalue weighted by Crippen LogP contribution is 2.24. The normalized spacial score (nSPS) is 19.9. The van der Waals surface area contributed by atoms with Crippen molar-refractivity contribution in [3.05, 3.63) is 71.8 Å². The van der Waals surface area contributed by atoms with Crippen LogP contribution in [0.15, 0.2) is 60.7 Å². The van der Waals surface area contributed by atoms with Crippen molar-refractivity contribution in [3.63, 3.8) is 0 Å². The molecule has 1 fully saturated rings. The first-order valence-corrected chi connectivity index (χ1v) is 8.82. The van der Waals surface area contributed by atoms with Gasteiger partial charge in [0.15, 0.2) is 0 Å². The molecule has 3 rings (SSSR count). The van der Waals surface area contributed by atoms with Gasteiger partial charge >= 0.3 is 6.09 Å². The van der Waals surface area contributed by atoms with Gasteiger partial charge in [-0.25, -0.2) is 9.69 Å². The highest BCUT2D eigenvalue weighted by atomic mass is 16.5. The van der Waals surface area contributed by atoms with Crippen molar-refractivity contribution in [2.45, 2.75) is 32.0 Å². The fraction of sp³-hybridized carbons (Fsp3) is 0.286. The molecule has 2 aromatic carbocycles. The van der Waals surface area contributed by atoms with Crippen molar-refractivity contribution in [3.8, 4) is 0 Å². The third-order valence-corrected chi connectivity index (χ3v) is 4.78. The number of benzene rings is 2. The van der Waals surface area contributed by atoms with E-state index in [0.29, 0.717) is 6.54 Å². The summed E-state index contributed by atoms with van der Waals surface area (Å²) in [6.45, 7) is 1.95. The summed E-state index contributed by atoms with van der Waals surface area (Å²) in [4.78, 5) is 40.9. The summed E-state index contributed by atoms with van der Waals surface area (Å²) in [5.74, 6) is -0.696. The largest absolute Gasteiger partial charge is 0.452 e. The maximum atomic E-state index is 13.2. The van der Waals surface area contributed by atoms with E-state index < -0.39 is 24.1 Å². The third-order valence-electron chi connectivity index (χ3n) is 4.78. The number of nitrogens with zero attached hydrogens (tertiary/aromatic N) is 2. The predicted octanol–water partition coefficient (Wildman–Crippen LogP) is 2.62. The van der Waals surface area contributed by atoms with Gasteiger partial charge in [-0.3, -0.25) is 9.59 Å². The van der Waals surface area contributed by atoms with Gasteiger partial charge in [-0.15, -0.1) is 0 Å². The minimum atomic E-state index is -0.924. The van der Waals surface area contributed by atoms with Gasteiger partial charge in [-0.2, -0.15) is 0 Å². The summed E-state index contributed by atoms with van der Waals surface area (Å²) < 4.78 is 4.77. The molecule has 2 atom stereocenters. The molecular formula is C21H22N2O4. The highest BCUT2D eigenvalue weighted by molar-refractivity contribution is 6.04. The zero-order valence-corrected chi connectivity index (χ0v) is 15.4. The molecule has 0 saturated carbocycles. The Hall–Kier alpha value is -3.15. The summed E-state index contributed by atoms with van der Waals surface area (Å²) in [6.07, 6.45) is -0.557. The maximum absolute atomic E-state index is 13.2. The lowest BCUT2D eigenvalue weighted by Gasteiger charge is -2.42. The first-order valence-electron chi connectivity index (χ1n) is 8.82. The van der Waals surface area contributed by atoms with Crippen LogP contribution in [0.5, 0.6) is 0 Å². The number of carbonyl (C=O) groups excluding carboxylic acids is 3. The smallest absolute Gasteiger partial charge is 0.417 e. The lowest BCUT2D eigenvalue weighted by Crippen LogP contribution is -2.65. The molecule has 3 amide bonds. The number of methoxy groups -OCH3 is 1. The Morgan fingerprint density at radius 2 is 1.48 bits per heavy atom. The van der Waals surface area contributed by atoms with Crippen LogP contribution in [0.2, 0.25) is 0 Å². The molecule has 1 aliphatic rings. The lowest BCUT2D eigenvalue weighted by molar-refractivity contribution is -0.159. The molecule has 0 bridgehead atoms. The van der Waals surface area contributed by atoms with E-state index in [1.54, 1.807) is 6.92 Å². The Morgan fingerprint density at radius 1 is 0.926 bits per heavy atom. The van der Waals surface area contributed by atoms with E-state index in [-0.39, 0.29) is 12.3 Å². The van der Waals surface area contributed by atoms with E-state index in [1.165, 1.54) is 12.0 Å². The van der Waals surface area contributed by atoms with Crippen molar-refractivity contribution < 1.29 is 19.1 Å². The Bertz CT molecular complexity index is 823. The molecule has 1 heterocycles. The predicted molar refractivity (Wildman–Crippen MR) is 99.6 cm³/mol. The van der Waals surface area contributed by atoms with Gasteiger partial charge < -0.3 is 9.64 Å². The van der Waals surface area contributed by atoms with Gasteiger partial charge in [-0.1, -0.05) is 60.7 Å². The van der Waals surface area contributed by atoms with Crippen LogP contribution < -0.4 is 0 Å². The summed E-state index contributed by atoms with van der Waals surface area (Å²) in [5, 5.41) is 0. The van der Waals surface area contributed by atoms with Gasteiger partial charge in [0.25, 0.3) is 5.91 Å². The molecule has 1 aliphatic heterocycles. The highest BCUT2D eigenvalue weighted by Gasteiger charge is 2.47. The molecule has 0 spiro atoms. The summed E-state index contributed by atoms with van der Waals surface area (Å²) in [7, 11) is 1.21. The Labute approximate surface area is 158 Å². The first kappa shape index (κ1) is 18.6. The standard InChI is InChI=1S/C21H22N2O4/c1-15-19(24)23(21(26)27-2)18(13-16-9-5-3-6-10-16)20(25)22(15)14-17-11-7-4-8-12-17/h3-12,15,18H,13-14H2,1-2H3/t15-,18+/m0/s1. The molecule has 0 unspecified atom stereocenters. The van der Waals surface area contributed by atoms with Crippen LogP contribution in [0, 0.1) is 0 Å². The van der Waals surface area contributed by atoms with Crippen LogP contribution in [-0.4, -0.2) is 46.9 Å². The van der Waals surface area contributed by atoms with E-state index in [1.807, 2.05) is 60.7 Å². The summed E-state index contributed by atoms with van der Waals surface area (Å²) in [5.41, 5.74) is 1.79.